The second kappa shape index (κ2) is 9.35. The molecule has 0 saturated heterocycles. The van der Waals surface area contributed by atoms with Gasteiger partial charge in [0.1, 0.15) is 5.82 Å². The van der Waals surface area contributed by atoms with E-state index in [1.807, 2.05) is 23.8 Å². The average Bonchev–Trinajstić information content (AvgIpc) is 3.05. The van der Waals surface area contributed by atoms with E-state index in [0.29, 0.717) is 18.8 Å². The van der Waals surface area contributed by atoms with E-state index in [4.69, 9.17) is 0 Å². The van der Waals surface area contributed by atoms with E-state index >= 15 is 0 Å². The lowest BCUT2D eigenvalue weighted by atomic mass is 10.2. The van der Waals surface area contributed by atoms with Gasteiger partial charge in [-0.2, -0.15) is 11.8 Å². The molecule has 124 valence electrons. The Morgan fingerprint density at radius 3 is 3.00 bits per heavy atom. The summed E-state index contributed by atoms with van der Waals surface area (Å²) in [7, 11) is 0. The highest BCUT2D eigenvalue weighted by Crippen LogP contribution is 2.10. The normalized spacial score (nSPS) is 10.7. The van der Waals surface area contributed by atoms with Gasteiger partial charge in [-0.3, -0.25) is 4.79 Å². The fourth-order valence-corrected chi connectivity index (χ4v) is 3.09. The molecule has 0 aliphatic carbocycles. The van der Waals surface area contributed by atoms with Gasteiger partial charge in [0, 0.05) is 32.0 Å². The molecule has 0 saturated carbocycles. The summed E-state index contributed by atoms with van der Waals surface area (Å²) in [6.07, 6.45) is 6.51. The van der Waals surface area contributed by atoms with E-state index in [1.165, 1.54) is 12.1 Å². The van der Waals surface area contributed by atoms with Crippen LogP contribution >= 0.6 is 11.8 Å². The molecule has 0 N–H and O–H groups in total. The van der Waals surface area contributed by atoms with Gasteiger partial charge in [0.25, 0.3) is 0 Å². The molecular formula is C17H22FN3OS. The molecule has 0 fully saturated rings. The number of rotatable bonds is 9. The first-order chi connectivity index (χ1) is 11.2. The maximum absolute atomic E-state index is 13.2. The predicted molar refractivity (Wildman–Crippen MR) is 91.7 cm³/mol. The molecule has 0 unspecified atom stereocenters. The van der Waals surface area contributed by atoms with Crippen LogP contribution < -0.4 is 0 Å². The minimum atomic E-state index is -0.264. The van der Waals surface area contributed by atoms with Crippen LogP contribution in [-0.4, -0.2) is 38.4 Å². The molecule has 0 aliphatic rings. The quantitative estimate of drug-likeness (QED) is 0.661. The van der Waals surface area contributed by atoms with E-state index < -0.39 is 0 Å². The molecule has 1 aromatic carbocycles. The fourth-order valence-electron chi connectivity index (χ4n) is 2.25. The third-order valence-corrected chi connectivity index (χ3v) is 4.52. The van der Waals surface area contributed by atoms with Gasteiger partial charge in [-0.15, -0.1) is 0 Å². The number of benzene rings is 1. The van der Waals surface area contributed by atoms with Crippen LogP contribution in [0.5, 0.6) is 0 Å². The van der Waals surface area contributed by atoms with Gasteiger partial charge in [-0.1, -0.05) is 12.1 Å². The Labute approximate surface area is 140 Å². The second-order valence-electron chi connectivity index (χ2n) is 5.24. The Morgan fingerprint density at radius 2 is 2.30 bits per heavy atom. The van der Waals surface area contributed by atoms with Crippen molar-refractivity contribution in [3.8, 4) is 0 Å². The fraction of sp³-hybridized carbons (Fsp3) is 0.412. The summed E-state index contributed by atoms with van der Waals surface area (Å²) in [5.74, 6) is 1.23. The van der Waals surface area contributed by atoms with Crippen molar-refractivity contribution < 1.29 is 9.18 Å². The van der Waals surface area contributed by atoms with Crippen LogP contribution in [0.3, 0.4) is 0 Å². The molecule has 6 heteroatoms. The molecule has 1 heterocycles. The monoisotopic (exact) mass is 335 g/mol. The Hall–Kier alpha value is -1.82. The SMILES string of the molecule is CCN(Cc1cccc(F)c1)C(=O)CSCCCn1ccnc1. The number of hydrogen-bond acceptors (Lipinski definition) is 3. The van der Waals surface area contributed by atoms with Crippen molar-refractivity contribution in [3.63, 3.8) is 0 Å². The van der Waals surface area contributed by atoms with Crippen molar-refractivity contribution in [2.75, 3.05) is 18.1 Å². The number of nitrogens with zero attached hydrogens (tertiary/aromatic N) is 3. The second-order valence-corrected chi connectivity index (χ2v) is 6.35. The molecule has 0 aliphatic heterocycles. The van der Waals surface area contributed by atoms with E-state index in [9.17, 15) is 9.18 Å². The van der Waals surface area contributed by atoms with Gasteiger partial charge in [0.15, 0.2) is 0 Å². The third-order valence-electron chi connectivity index (χ3n) is 3.49. The molecule has 0 atom stereocenters. The molecule has 0 spiro atoms. The number of carbonyl (C=O) groups excluding carboxylic acids is 1. The zero-order valence-corrected chi connectivity index (χ0v) is 14.1. The Kier molecular flexibility index (Phi) is 7.13. The Bertz CT molecular complexity index is 604. The van der Waals surface area contributed by atoms with Gasteiger partial charge in [0.2, 0.25) is 5.91 Å². The third kappa shape index (κ3) is 6.06. The summed E-state index contributed by atoms with van der Waals surface area (Å²) >= 11 is 1.64. The number of carbonyl (C=O) groups is 1. The standard InChI is InChI=1S/C17H22FN3OS/c1-2-21(12-15-5-3-6-16(18)11-15)17(22)13-23-10-4-8-20-9-7-19-14-20/h3,5-7,9,11,14H,2,4,8,10,12-13H2,1H3. The molecule has 4 nitrogen and oxygen atoms in total. The largest absolute Gasteiger partial charge is 0.338 e. The van der Waals surface area contributed by atoms with E-state index in [0.717, 1.165) is 24.3 Å². The van der Waals surface area contributed by atoms with Crippen LogP contribution in [-0.2, 0) is 17.9 Å². The first-order valence-electron chi connectivity index (χ1n) is 7.74. The van der Waals surface area contributed by atoms with Crippen molar-refractivity contribution in [2.24, 2.45) is 0 Å². The van der Waals surface area contributed by atoms with E-state index in [2.05, 4.69) is 4.98 Å². The van der Waals surface area contributed by atoms with E-state index in [-0.39, 0.29) is 11.7 Å². The molecule has 0 radical (unpaired) electrons. The number of aryl methyl sites for hydroxylation is 1. The summed E-state index contributed by atoms with van der Waals surface area (Å²) in [4.78, 5) is 18.0. The number of imidazole rings is 1. The zero-order valence-electron chi connectivity index (χ0n) is 13.3. The number of amides is 1. The first kappa shape index (κ1) is 17.5. The van der Waals surface area contributed by atoms with Gasteiger partial charge in [-0.05, 0) is 36.8 Å². The minimum absolute atomic E-state index is 0.101. The lowest BCUT2D eigenvalue weighted by Gasteiger charge is -2.21. The van der Waals surface area contributed by atoms with Crippen LogP contribution in [0.4, 0.5) is 4.39 Å². The van der Waals surface area contributed by atoms with E-state index in [1.54, 1.807) is 35.3 Å². The van der Waals surface area contributed by atoms with Crippen molar-refractivity contribution in [2.45, 2.75) is 26.4 Å². The van der Waals surface area contributed by atoms with Crippen molar-refractivity contribution in [1.29, 1.82) is 0 Å². The summed E-state index contributed by atoms with van der Waals surface area (Å²) in [6, 6.07) is 6.41. The molecule has 2 rings (SSSR count). The number of thioether (sulfide) groups is 1. The zero-order chi connectivity index (χ0) is 16.5. The maximum Gasteiger partial charge on any atom is 0.232 e. The van der Waals surface area contributed by atoms with Crippen molar-refractivity contribution in [3.05, 3.63) is 54.4 Å². The molecule has 2 aromatic rings. The highest BCUT2D eigenvalue weighted by atomic mass is 32.2. The summed E-state index contributed by atoms with van der Waals surface area (Å²) in [5.41, 5.74) is 0.824. The van der Waals surface area contributed by atoms with Gasteiger partial charge < -0.3 is 9.47 Å². The Balaban J connectivity index is 1.70. The lowest BCUT2D eigenvalue weighted by molar-refractivity contribution is -0.128. The topological polar surface area (TPSA) is 38.1 Å². The summed E-state index contributed by atoms with van der Waals surface area (Å²) in [5, 5.41) is 0. The highest BCUT2D eigenvalue weighted by molar-refractivity contribution is 7.99. The van der Waals surface area contributed by atoms with Gasteiger partial charge in [0.05, 0.1) is 12.1 Å². The number of hydrogen-bond donors (Lipinski definition) is 0. The lowest BCUT2D eigenvalue weighted by Crippen LogP contribution is -2.31. The smallest absolute Gasteiger partial charge is 0.232 e. The van der Waals surface area contributed by atoms with Gasteiger partial charge in [-0.25, -0.2) is 9.37 Å². The van der Waals surface area contributed by atoms with Crippen molar-refractivity contribution >= 4 is 17.7 Å². The number of aromatic nitrogens is 2. The minimum Gasteiger partial charge on any atom is -0.338 e. The number of halogens is 1. The summed E-state index contributed by atoms with van der Waals surface area (Å²) < 4.78 is 15.2. The molecule has 23 heavy (non-hydrogen) atoms. The first-order valence-corrected chi connectivity index (χ1v) is 8.90. The summed E-state index contributed by atoms with van der Waals surface area (Å²) in [6.45, 7) is 3.95. The van der Waals surface area contributed by atoms with Crippen LogP contribution in [0.25, 0.3) is 0 Å². The Morgan fingerprint density at radius 1 is 1.43 bits per heavy atom. The predicted octanol–water partition coefficient (Wildman–Crippen LogP) is 3.19. The average molecular weight is 335 g/mol. The molecule has 1 amide bonds. The van der Waals surface area contributed by atoms with Crippen LogP contribution in [0.1, 0.15) is 18.9 Å². The van der Waals surface area contributed by atoms with Crippen molar-refractivity contribution in [1.82, 2.24) is 14.5 Å². The van der Waals surface area contributed by atoms with Gasteiger partial charge >= 0.3 is 0 Å². The highest BCUT2D eigenvalue weighted by Gasteiger charge is 2.12. The maximum atomic E-state index is 13.2. The molecule has 1 aromatic heterocycles. The van der Waals surface area contributed by atoms with Crippen LogP contribution in [0, 0.1) is 5.82 Å². The van der Waals surface area contributed by atoms with Crippen LogP contribution in [0.2, 0.25) is 0 Å². The molecular weight excluding hydrogens is 313 g/mol. The molecule has 0 bridgehead atoms. The van der Waals surface area contributed by atoms with Crippen LogP contribution in [0.15, 0.2) is 43.0 Å².